The zero-order valence-corrected chi connectivity index (χ0v) is 13.9. The summed E-state index contributed by atoms with van der Waals surface area (Å²) < 4.78 is 23.6. The third kappa shape index (κ3) is 3.67. The molecule has 1 aromatic rings. The third-order valence-electron chi connectivity index (χ3n) is 3.90. The van der Waals surface area contributed by atoms with Crippen LogP contribution in [-0.4, -0.2) is 26.0 Å². The van der Waals surface area contributed by atoms with E-state index in [2.05, 4.69) is 5.32 Å². The fourth-order valence-corrected chi connectivity index (χ4v) is 4.87. The van der Waals surface area contributed by atoms with E-state index in [-0.39, 0.29) is 17.3 Å². The Morgan fingerprint density at radius 2 is 2.00 bits per heavy atom. The molecule has 3 unspecified atom stereocenters. The zero-order valence-electron chi connectivity index (χ0n) is 11.6. The minimum Gasteiger partial charge on any atom is -0.306 e. The molecule has 0 aromatic heterocycles. The monoisotopic (exact) mass is 335 g/mol. The molecule has 1 fully saturated rings. The van der Waals surface area contributed by atoms with Crippen LogP contribution in [0.3, 0.4) is 0 Å². The molecule has 0 bridgehead atoms. The van der Waals surface area contributed by atoms with Gasteiger partial charge < -0.3 is 5.32 Å². The molecule has 3 nitrogen and oxygen atoms in total. The molecule has 1 aromatic carbocycles. The van der Waals surface area contributed by atoms with Crippen molar-refractivity contribution in [3.05, 3.63) is 33.8 Å². The van der Waals surface area contributed by atoms with Gasteiger partial charge >= 0.3 is 0 Å². The lowest BCUT2D eigenvalue weighted by molar-refractivity contribution is 0.456. The molecule has 1 N–H and O–H groups in total. The molecule has 0 spiro atoms. The van der Waals surface area contributed by atoms with Crippen molar-refractivity contribution in [1.82, 2.24) is 5.32 Å². The Labute approximate surface area is 130 Å². The highest BCUT2D eigenvalue weighted by molar-refractivity contribution is 7.91. The van der Waals surface area contributed by atoms with Gasteiger partial charge in [-0.2, -0.15) is 0 Å². The molecule has 20 heavy (non-hydrogen) atoms. The molecule has 3 atom stereocenters. The number of hydrogen-bond acceptors (Lipinski definition) is 3. The summed E-state index contributed by atoms with van der Waals surface area (Å²) in [7, 11) is -3.01. The summed E-state index contributed by atoms with van der Waals surface area (Å²) in [6, 6.07) is 5.37. The van der Waals surface area contributed by atoms with Crippen LogP contribution in [0.4, 0.5) is 0 Å². The molecule has 112 valence electrons. The van der Waals surface area contributed by atoms with Gasteiger partial charge in [0.1, 0.15) is 0 Å². The molecule has 0 saturated heterocycles. The van der Waals surface area contributed by atoms with E-state index in [4.69, 9.17) is 23.2 Å². The summed E-state index contributed by atoms with van der Waals surface area (Å²) in [5, 5.41) is 4.31. The number of rotatable bonds is 4. The number of benzene rings is 1. The average Bonchev–Trinajstić information content (AvgIpc) is 2.76. The predicted octanol–water partition coefficient (Wildman–Crippen LogP) is 3.61. The van der Waals surface area contributed by atoms with Crippen LogP contribution < -0.4 is 5.32 Å². The van der Waals surface area contributed by atoms with Crippen molar-refractivity contribution in [3.8, 4) is 0 Å². The lowest BCUT2D eigenvalue weighted by atomic mass is 10.1. The van der Waals surface area contributed by atoms with Gasteiger partial charge in [-0.3, -0.25) is 0 Å². The molecular formula is C14H19Cl2NO2S. The first-order valence-electron chi connectivity index (χ1n) is 6.69. The zero-order chi connectivity index (χ0) is 14.9. The predicted molar refractivity (Wildman–Crippen MR) is 84.3 cm³/mol. The van der Waals surface area contributed by atoms with Crippen LogP contribution in [0.5, 0.6) is 0 Å². The molecule has 1 saturated carbocycles. The average molecular weight is 336 g/mol. The first-order chi connectivity index (χ1) is 9.29. The van der Waals surface area contributed by atoms with Crippen molar-refractivity contribution in [2.75, 3.05) is 6.26 Å². The Hall–Kier alpha value is -0.290. The Balaban J connectivity index is 2.13. The highest BCUT2D eigenvalue weighted by atomic mass is 35.5. The second-order valence-corrected chi connectivity index (χ2v) is 8.57. The summed E-state index contributed by atoms with van der Waals surface area (Å²) in [5.74, 6) is 0. The first-order valence-corrected chi connectivity index (χ1v) is 9.40. The molecule has 1 aliphatic rings. The lowest BCUT2D eigenvalue weighted by Crippen LogP contribution is -2.41. The SMILES string of the molecule is CC(NC1CCCC1S(C)(=O)=O)c1ccc(Cl)cc1Cl. The van der Waals surface area contributed by atoms with Crippen LogP contribution in [0.1, 0.15) is 37.8 Å². The Kier molecular flexibility index (Phi) is 5.00. The van der Waals surface area contributed by atoms with Crippen molar-refractivity contribution in [1.29, 1.82) is 0 Å². The van der Waals surface area contributed by atoms with E-state index in [9.17, 15) is 8.42 Å². The maximum absolute atomic E-state index is 11.8. The van der Waals surface area contributed by atoms with Gasteiger partial charge in [0.25, 0.3) is 0 Å². The normalized spacial score (nSPS) is 24.8. The van der Waals surface area contributed by atoms with E-state index in [1.807, 2.05) is 13.0 Å². The largest absolute Gasteiger partial charge is 0.306 e. The smallest absolute Gasteiger partial charge is 0.151 e. The standard InChI is InChI=1S/C14H19Cl2NO2S/c1-9(11-7-6-10(15)8-12(11)16)17-13-4-3-5-14(13)20(2,18)19/h6-9,13-14,17H,3-5H2,1-2H3. The van der Waals surface area contributed by atoms with Gasteiger partial charge in [-0.1, -0.05) is 35.7 Å². The van der Waals surface area contributed by atoms with E-state index in [0.29, 0.717) is 10.0 Å². The first kappa shape index (κ1) is 16.1. The van der Waals surface area contributed by atoms with Crippen molar-refractivity contribution in [2.45, 2.75) is 43.5 Å². The lowest BCUT2D eigenvalue weighted by Gasteiger charge is -2.25. The van der Waals surface area contributed by atoms with Crippen molar-refractivity contribution in [3.63, 3.8) is 0 Å². The van der Waals surface area contributed by atoms with Gasteiger partial charge in [0, 0.05) is 28.4 Å². The quantitative estimate of drug-likeness (QED) is 0.914. The minimum absolute atomic E-state index is 0.00730. The summed E-state index contributed by atoms with van der Waals surface area (Å²) in [5.41, 5.74) is 0.940. The van der Waals surface area contributed by atoms with E-state index < -0.39 is 9.84 Å². The topological polar surface area (TPSA) is 46.2 Å². The van der Waals surface area contributed by atoms with Gasteiger partial charge in [0.15, 0.2) is 9.84 Å². The van der Waals surface area contributed by atoms with Crippen LogP contribution in [0.2, 0.25) is 10.0 Å². The van der Waals surface area contributed by atoms with Gasteiger partial charge in [-0.05, 0) is 37.5 Å². The summed E-state index contributed by atoms with van der Waals surface area (Å²) in [6.07, 6.45) is 3.87. The Morgan fingerprint density at radius 1 is 1.30 bits per heavy atom. The molecule has 6 heteroatoms. The van der Waals surface area contributed by atoms with Crippen LogP contribution in [0.15, 0.2) is 18.2 Å². The second kappa shape index (κ2) is 6.22. The maximum Gasteiger partial charge on any atom is 0.151 e. The number of sulfone groups is 1. The van der Waals surface area contributed by atoms with Gasteiger partial charge in [0.2, 0.25) is 0 Å². The molecule has 1 aliphatic carbocycles. The van der Waals surface area contributed by atoms with E-state index >= 15 is 0 Å². The van der Waals surface area contributed by atoms with E-state index in [0.717, 1.165) is 24.8 Å². The molecule has 0 radical (unpaired) electrons. The highest BCUT2D eigenvalue weighted by Gasteiger charge is 2.35. The maximum atomic E-state index is 11.8. The van der Waals surface area contributed by atoms with Crippen LogP contribution in [0.25, 0.3) is 0 Å². The second-order valence-electron chi connectivity index (χ2n) is 5.46. The Morgan fingerprint density at radius 3 is 2.60 bits per heavy atom. The molecular weight excluding hydrogens is 317 g/mol. The number of halogens is 2. The summed E-state index contributed by atoms with van der Waals surface area (Å²) in [6.45, 7) is 1.99. The molecule has 2 rings (SSSR count). The Bertz CT molecular complexity index is 589. The molecule has 0 amide bonds. The number of hydrogen-bond donors (Lipinski definition) is 1. The van der Waals surface area contributed by atoms with Crippen molar-refractivity contribution in [2.24, 2.45) is 0 Å². The van der Waals surface area contributed by atoms with Gasteiger partial charge in [0.05, 0.1) is 5.25 Å². The minimum atomic E-state index is -3.01. The van der Waals surface area contributed by atoms with Crippen molar-refractivity contribution >= 4 is 33.0 Å². The van der Waals surface area contributed by atoms with Gasteiger partial charge in [-0.25, -0.2) is 8.42 Å². The third-order valence-corrected chi connectivity index (χ3v) is 6.12. The van der Waals surface area contributed by atoms with Crippen LogP contribution in [0, 0.1) is 0 Å². The fraction of sp³-hybridized carbons (Fsp3) is 0.571. The molecule has 0 heterocycles. The van der Waals surface area contributed by atoms with Crippen LogP contribution >= 0.6 is 23.2 Å². The molecule has 0 aliphatic heterocycles. The summed E-state index contributed by atoms with van der Waals surface area (Å²) in [4.78, 5) is 0. The van der Waals surface area contributed by atoms with E-state index in [1.165, 1.54) is 6.26 Å². The van der Waals surface area contributed by atoms with Gasteiger partial charge in [-0.15, -0.1) is 0 Å². The van der Waals surface area contributed by atoms with E-state index in [1.54, 1.807) is 12.1 Å². The van der Waals surface area contributed by atoms with Crippen LogP contribution in [-0.2, 0) is 9.84 Å². The van der Waals surface area contributed by atoms with Crippen molar-refractivity contribution < 1.29 is 8.42 Å². The fourth-order valence-electron chi connectivity index (χ4n) is 2.89. The summed E-state index contributed by atoms with van der Waals surface area (Å²) >= 11 is 12.1. The highest BCUT2D eigenvalue weighted by Crippen LogP contribution is 2.30. The number of nitrogens with one attached hydrogen (secondary N) is 1.